The number of hydrogen-bond donors (Lipinski definition) is 2. The first kappa shape index (κ1) is 18.9. The van der Waals surface area contributed by atoms with Gasteiger partial charge in [0.1, 0.15) is 11.2 Å². The van der Waals surface area contributed by atoms with Crippen molar-refractivity contribution in [3.05, 3.63) is 29.8 Å². The van der Waals surface area contributed by atoms with Crippen LogP contribution in [0.1, 0.15) is 26.3 Å². The van der Waals surface area contributed by atoms with Crippen LogP contribution in [-0.2, 0) is 15.1 Å². The lowest BCUT2D eigenvalue weighted by Gasteiger charge is -2.38. The molecule has 0 saturated carbocycles. The molecular formula is C17H29NO3Si. The largest absolute Gasteiger partial charge is 0.462 e. The van der Waals surface area contributed by atoms with Crippen LogP contribution < -0.4 is 10.5 Å². The van der Waals surface area contributed by atoms with Crippen LogP contribution >= 0.6 is 0 Å². The molecule has 0 bridgehead atoms. The van der Waals surface area contributed by atoms with E-state index in [1.165, 1.54) is 5.19 Å². The van der Waals surface area contributed by atoms with Crippen molar-refractivity contribution in [3.63, 3.8) is 0 Å². The molecule has 1 aliphatic heterocycles. The van der Waals surface area contributed by atoms with Gasteiger partial charge in [-0.3, -0.25) is 4.79 Å². The minimum absolute atomic E-state index is 0.318. The van der Waals surface area contributed by atoms with Gasteiger partial charge >= 0.3 is 0 Å². The lowest BCUT2D eigenvalue weighted by molar-refractivity contribution is -0.138. The first-order valence-electron chi connectivity index (χ1n) is 7.63. The molecule has 0 unspecified atom stereocenters. The van der Waals surface area contributed by atoms with Crippen molar-refractivity contribution in [2.45, 2.75) is 51.6 Å². The van der Waals surface area contributed by atoms with Gasteiger partial charge in [0.15, 0.2) is 0 Å². The monoisotopic (exact) mass is 323 g/mol. The maximum atomic E-state index is 10.1. The van der Waals surface area contributed by atoms with E-state index in [4.69, 9.17) is 0 Å². The minimum Gasteiger partial charge on any atom is -0.462 e. The van der Waals surface area contributed by atoms with Gasteiger partial charge < -0.3 is 15.2 Å². The number of β-amino-alcohol motifs (C(OH)–C–C–N with tert-alkyl or cyclic N) is 1. The fraction of sp³-hybridized carbons (Fsp3) is 0.588. The number of carbonyl (C=O) groups is 1. The van der Waals surface area contributed by atoms with Crippen molar-refractivity contribution in [3.8, 4) is 0 Å². The summed E-state index contributed by atoms with van der Waals surface area (Å²) in [7, 11) is -1.20. The molecule has 22 heavy (non-hydrogen) atoms. The predicted octanol–water partition coefficient (Wildman–Crippen LogP) is 1.98. The fourth-order valence-electron chi connectivity index (χ4n) is 1.99. The average Bonchev–Trinajstić information content (AvgIpc) is 2.34. The van der Waals surface area contributed by atoms with E-state index in [9.17, 15) is 9.90 Å². The van der Waals surface area contributed by atoms with Crippen LogP contribution in [0.15, 0.2) is 24.3 Å². The first-order chi connectivity index (χ1) is 9.98. The van der Waals surface area contributed by atoms with Crippen molar-refractivity contribution in [2.24, 2.45) is 0 Å². The minimum atomic E-state index is -1.20. The Balaban J connectivity index is 0.000000295. The first-order valence-corrected chi connectivity index (χ1v) is 11.1. The van der Waals surface area contributed by atoms with E-state index >= 15 is 0 Å². The molecule has 5 heteroatoms. The second-order valence-corrected chi connectivity index (χ2v) is 12.9. The van der Waals surface area contributed by atoms with Gasteiger partial charge in [-0.2, -0.15) is 0 Å². The summed E-state index contributed by atoms with van der Waals surface area (Å²) in [6.07, 6.45) is 0. The second-order valence-electron chi connectivity index (χ2n) is 7.79. The van der Waals surface area contributed by atoms with Crippen molar-refractivity contribution in [1.29, 1.82) is 0 Å². The zero-order chi connectivity index (χ0) is 17.0. The van der Waals surface area contributed by atoms with Crippen LogP contribution in [0.25, 0.3) is 0 Å². The van der Waals surface area contributed by atoms with E-state index in [1.807, 2.05) is 20.8 Å². The highest BCUT2D eigenvalue weighted by Gasteiger charge is 2.36. The Morgan fingerprint density at radius 2 is 1.68 bits per heavy atom. The van der Waals surface area contributed by atoms with Crippen LogP contribution in [0.3, 0.4) is 0 Å². The maximum Gasteiger partial charge on any atom is 0.293 e. The molecule has 1 aliphatic rings. The lowest BCUT2D eigenvalue weighted by atomic mass is 9.88. The highest BCUT2D eigenvalue weighted by molar-refractivity contribution is 6.88. The van der Waals surface area contributed by atoms with E-state index in [-0.39, 0.29) is 5.60 Å². The highest BCUT2D eigenvalue weighted by Crippen LogP contribution is 2.24. The Hall–Kier alpha value is -1.17. The summed E-state index contributed by atoms with van der Waals surface area (Å²) < 4.78 is 4.55. The molecule has 1 aromatic carbocycles. The van der Waals surface area contributed by atoms with Crippen molar-refractivity contribution < 1.29 is 14.6 Å². The molecule has 2 rings (SSSR count). The SMILES string of the molecule is CC(C)(C)OC=O.C[Si](C)(C)c1ccc(C2(O)CNC2)cc1. The molecule has 124 valence electrons. The van der Waals surface area contributed by atoms with Gasteiger partial charge in [0.25, 0.3) is 6.47 Å². The van der Waals surface area contributed by atoms with E-state index in [1.54, 1.807) is 0 Å². The summed E-state index contributed by atoms with van der Waals surface area (Å²) in [4.78, 5) is 9.60. The Bertz CT molecular complexity index is 482. The molecule has 1 aromatic rings. The molecule has 0 radical (unpaired) electrons. The Morgan fingerprint density at radius 1 is 1.18 bits per heavy atom. The number of rotatable bonds is 3. The third kappa shape index (κ3) is 5.55. The molecule has 0 amide bonds. The van der Waals surface area contributed by atoms with E-state index < -0.39 is 13.7 Å². The number of ether oxygens (including phenoxy) is 1. The van der Waals surface area contributed by atoms with Crippen molar-refractivity contribution >= 4 is 19.7 Å². The van der Waals surface area contributed by atoms with Crippen molar-refractivity contribution in [2.75, 3.05) is 13.1 Å². The van der Waals surface area contributed by atoms with Gasteiger partial charge in [0.2, 0.25) is 0 Å². The Labute approximate surface area is 134 Å². The van der Waals surface area contributed by atoms with Gasteiger partial charge in [-0.05, 0) is 26.3 Å². The predicted molar refractivity (Wildman–Crippen MR) is 93.1 cm³/mol. The number of aliphatic hydroxyl groups is 1. The van der Waals surface area contributed by atoms with Crippen LogP contribution in [0.2, 0.25) is 19.6 Å². The summed E-state index contributed by atoms with van der Waals surface area (Å²) in [6.45, 7) is 14.3. The zero-order valence-electron chi connectivity index (χ0n) is 14.6. The average molecular weight is 324 g/mol. The number of carbonyl (C=O) groups excluding carboxylic acids is 1. The van der Waals surface area contributed by atoms with Crippen molar-refractivity contribution in [1.82, 2.24) is 5.32 Å². The normalized spacial score (nSPS) is 16.9. The maximum absolute atomic E-state index is 10.1. The summed E-state index contributed by atoms with van der Waals surface area (Å²) in [5.74, 6) is 0. The molecule has 2 N–H and O–H groups in total. The third-order valence-corrected chi connectivity index (χ3v) is 5.59. The smallest absolute Gasteiger partial charge is 0.293 e. The molecule has 4 nitrogen and oxygen atoms in total. The quantitative estimate of drug-likeness (QED) is 0.660. The topological polar surface area (TPSA) is 58.6 Å². The summed E-state index contributed by atoms with van der Waals surface area (Å²) in [5, 5.41) is 14.7. The molecular weight excluding hydrogens is 294 g/mol. The van der Waals surface area contributed by atoms with Crippen LogP contribution in [0.4, 0.5) is 0 Å². The van der Waals surface area contributed by atoms with Gasteiger partial charge in [-0.25, -0.2) is 0 Å². The molecule has 0 spiro atoms. The fourth-order valence-corrected chi connectivity index (χ4v) is 3.16. The Kier molecular flexibility index (Phi) is 5.95. The third-order valence-electron chi connectivity index (χ3n) is 3.52. The lowest BCUT2D eigenvalue weighted by Crippen LogP contribution is -2.56. The molecule has 0 aromatic heterocycles. The highest BCUT2D eigenvalue weighted by atomic mass is 28.3. The van der Waals surface area contributed by atoms with Gasteiger partial charge in [0.05, 0.1) is 8.07 Å². The summed E-state index contributed by atoms with van der Waals surface area (Å²) in [5.41, 5.74) is 0.114. The van der Waals surface area contributed by atoms with E-state index in [0.29, 0.717) is 19.6 Å². The molecule has 1 fully saturated rings. The zero-order valence-corrected chi connectivity index (χ0v) is 15.6. The molecule has 1 saturated heterocycles. The second kappa shape index (κ2) is 6.94. The van der Waals surface area contributed by atoms with Crippen LogP contribution in [-0.4, -0.2) is 38.3 Å². The summed E-state index contributed by atoms with van der Waals surface area (Å²) >= 11 is 0. The van der Waals surface area contributed by atoms with Gasteiger partial charge in [-0.1, -0.05) is 49.1 Å². The van der Waals surface area contributed by atoms with E-state index in [0.717, 1.165) is 5.56 Å². The Morgan fingerprint density at radius 3 is 1.91 bits per heavy atom. The molecule has 0 aliphatic carbocycles. The number of benzene rings is 1. The van der Waals surface area contributed by atoms with Crippen LogP contribution in [0.5, 0.6) is 0 Å². The number of nitrogens with one attached hydrogen (secondary N) is 1. The molecule has 1 heterocycles. The van der Waals surface area contributed by atoms with Gasteiger partial charge in [0, 0.05) is 13.1 Å². The van der Waals surface area contributed by atoms with E-state index in [2.05, 4.69) is 54.0 Å². The van der Waals surface area contributed by atoms with Crippen LogP contribution in [0, 0.1) is 0 Å². The number of hydrogen-bond acceptors (Lipinski definition) is 4. The summed E-state index contributed by atoms with van der Waals surface area (Å²) in [6, 6.07) is 8.51. The van der Waals surface area contributed by atoms with Gasteiger partial charge in [-0.15, -0.1) is 0 Å². The molecule has 0 atom stereocenters. The standard InChI is InChI=1S/C12H19NOSi.C5H10O2/c1-15(2,3)11-6-4-10(5-7-11)12(14)8-13-9-12;1-5(2,3)7-4-6/h4-7,13-14H,8-9H2,1-3H3;4H,1-3H3.